The maximum absolute atomic E-state index is 13.2. The fourth-order valence-electron chi connectivity index (χ4n) is 4.14. The van der Waals surface area contributed by atoms with Crippen LogP contribution in [0.25, 0.3) is 22.3 Å². The molecule has 0 aliphatic heterocycles. The van der Waals surface area contributed by atoms with Crippen molar-refractivity contribution in [3.8, 4) is 11.3 Å². The quantitative estimate of drug-likeness (QED) is 0.208. The summed E-state index contributed by atoms with van der Waals surface area (Å²) in [5.41, 5.74) is 5.31. The number of aliphatic carboxylic acids is 1. The van der Waals surface area contributed by atoms with Crippen LogP contribution in [0.5, 0.6) is 0 Å². The normalized spacial score (nSPS) is 11.9. The number of rotatable bonds is 10. The number of carboxylic acid groups (broad SMARTS) is 1. The molecule has 1 heterocycles. The predicted molar refractivity (Wildman–Crippen MR) is 134 cm³/mol. The molecule has 0 saturated carbocycles. The molecular weight excluding hydrogens is 443 g/mol. The Bertz CT molecular complexity index is 1340. The number of hydrogen-bond donors (Lipinski definition) is 1. The van der Waals surface area contributed by atoms with Crippen molar-refractivity contribution in [2.45, 2.75) is 44.9 Å². The highest BCUT2D eigenvalue weighted by atomic mass is 19.1. The van der Waals surface area contributed by atoms with Crippen LogP contribution in [0.4, 0.5) is 4.39 Å². The molecule has 0 amide bonds. The number of hydrogen-bond acceptors (Lipinski definition) is 4. The first-order chi connectivity index (χ1) is 16.9. The fraction of sp³-hybridized carbons (Fsp3) is 0.241. The third kappa shape index (κ3) is 6.15. The van der Waals surface area contributed by atoms with Gasteiger partial charge in [-0.2, -0.15) is 0 Å². The van der Waals surface area contributed by atoms with E-state index in [2.05, 4.69) is 0 Å². The minimum atomic E-state index is -0.802. The molecule has 1 N–H and O–H groups in total. The molecular formula is C29H27FN2O3. The Hall–Kier alpha value is -3.93. The lowest BCUT2D eigenvalue weighted by Crippen LogP contribution is -2.06. The maximum Gasteiger partial charge on any atom is 0.303 e. The van der Waals surface area contributed by atoms with E-state index >= 15 is 0 Å². The van der Waals surface area contributed by atoms with Gasteiger partial charge in [0, 0.05) is 24.0 Å². The summed E-state index contributed by atoms with van der Waals surface area (Å²) in [6.07, 6.45) is 2.32. The van der Waals surface area contributed by atoms with Crippen LogP contribution in [0.3, 0.4) is 0 Å². The van der Waals surface area contributed by atoms with Crippen LogP contribution in [0.15, 0.2) is 72.8 Å². The lowest BCUT2D eigenvalue weighted by Gasteiger charge is -2.13. The average Bonchev–Trinajstić information content (AvgIpc) is 2.86. The fourth-order valence-corrected chi connectivity index (χ4v) is 4.14. The highest BCUT2D eigenvalue weighted by molar-refractivity contribution is 5.99. The van der Waals surface area contributed by atoms with Gasteiger partial charge in [0.15, 0.2) is 5.78 Å². The van der Waals surface area contributed by atoms with Crippen molar-refractivity contribution in [2.24, 2.45) is 0 Å². The van der Waals surface area contributed by atoms with Gasteiger partial charge in [-0.1, -0.05) is 49.4 Å². The summed E-state index contributed by atoms with van der Waals surface area (Å²) in [7, 11) is 0. The summed E-state index contributed by atoms with van der Waals surface area (Å²) < 4.78 is 13.2. The number of carbonyl (C=O) groups excluding carboxylic acids is 1. The van der Waals surface area contributed by atoms with Crippen LogP contribution >= 0.6 is 0 Å². The van der Waals surface area contributed by atoms with E-state index in [9.17, 15) is 14.0 Å². The minimum absolute atomic E-state index is 0.00969. The lowest BCUT2D eigenvalue weighted by molar-refractivity contribution is -0.137. The van der Waals surface area contributed by atoms with Crippen LogP contribution in [0, 0.1) is 5.82 Å². The van der Waals surface area contributed by atoms with Crippen molar-refractivity contribution < 1.29 is 19.1 Å². The van der Waals surface area contributed by atoms with Crippen LogP contribution in [0.2, 0.25) is 0 Å². The van der Waals surface area contributed by atoms with Gasteiger partial charge in [-0.05, 0) is 61.1 Å². The van der Waals surface area contributed by atoms with Gasteiger partial charge in [0.1, 0.15) is 5.82 Å². The molecule has 178 valence electrons. The number of aromatic nitrogens is 2. The van der Waals surface area contributed by atoms with Gasteiger partial charge in [0.2, 0.25) is 0 Å². The van der Waals surface area contributed by atoms with Gasteiger partial charge in [0.25, 0.3) is 0 Å². The van der Waals surface area contributed by atoms with Gasteiger partial charge in [0.05, 0.1) is 22.4 Å². The second-order valence-corrected chi connectivity index (χ2v) is 8.77. The minimum Gasteiger partial charge on any atom is -0.481 e. The Morgan fingerprint density at radius 3 is 2.37 bits per heavy atom. The SMILES string of the molecule is C[C@@H](CC(=O)c1ccc2nc(CCCCC(=O)O)c(-c3ccccc3)nc2c1)c1ccc(F)cc1. The predicted octanol–water partition coefficient (Wildman–Crippen LogP) is 6.61. The molecule has 0 spiro atoms. The van der Waals surface area contributed by atoms with Crippen molar-refractivity contribution >= 4 is 22.8 Å². The number of Topliss-reactive ketones (excluding diaryl/α,β-unsaturated/α-hetero) is 1. The number of fused-ring (bicyclic) bond motifs is 1. The van der Waals surface area contributed by atoms with E-state index in [1.54, 1.807) is 24.3 Å². The third-order valence-corrected chi connectivity index (χ3v) is 6.09. The number of carbonyl (C=O) groups is 2. The number of carboxylic acids is 1. The molecule has 0 saturated heterocycles. The summed E-state index contributed by atoms with van der Waals surface area (Å²) >= 11 is 0. The summed E-state index contributed by atoms with van der Waals surface area (Å²) in [4.78, 5) is 33.6. The number of benzene rings is 3. The molecule has 6 heteroatoms. The molecule has 4 rings (SSSR count). The third-order valence-electron chi connectivity index (χ3n) is 6.09. The van der Waals surface area contributed by atoms with Gasteiger partial charge < -0.3 is 5.11 Å². The summed E-state index contributed by atoms with van der Waals surface area (Å²) in [6, 6.07) is 21.3. The molecule has 0 aliphatic rings. The van der Waals surface area contributed by atoms with Crippen molar-refractivity contribution in [1.29, 1.82) is 0 Å². The van der Waals surface area contributed by atoms with E-state index in [4.69, 9.17) is 15.1 Å². The maximum atomic E-state index is 13.2. The molecule has 3 aromatic carbocycles. The van der Waals surface area contributed by atoms with E-state index in [0.717, 1.165) is 22.5 Å². The van der Waals surface area contributed by atoms with Crippen molar-refractivity contribution in [3.63, 3.8) is 0 Å². The lowest BCUT2D eigenvalue weighted by atomic mass is 9.93. The van der Waals surface area contributed by atoms with E-state index in [1.165, 1.54) is 12.1 Å². The number of aryl methyl sites for hydroxylation is 1. The zero-order valence-electron chi connectivity index (χ0n) is 19.6. The molecule has 5 nitrogen and oxygen atoms in total. The molecule has 0 aliphatic carbocycles. The van der Waals surface area contributed by atoms with E-state index in [-0.39, 0.29) is 23.9 Å². The van der Waals surface area contributed by atoms with Crippen LogP contribution in [-0.2, 0) is 11.2 Å². The zero-order valence-corrected chi connectivity index (χ0v) is 19.6. The summed E-state index contributed by atoms with van der Waals surface area (Å²) in [5.74, 6) is -1.15. The number of ketones is 1. The number of halogens is 1. The first-order valence-electron chi connectivity index (χ1n) is 11.8. The zero-order chi connectivity index (χ0) is 24.8. The molecule has 0 unspecified atom stereocenters. The van der Waals surface area contributed by atoms with Gasteiger partial charge in [-0.25, -0.2) is 14.4 Å². The van der Waals surface area contributed by atoms with Crippen LogP contribution in [0.1, 0.15) is 60.1 Å². The Kier molecular flexibility index (Phi) is 7.60. The highest BCUT2D eigenvalue weighted by Gasteiger charge is 2.16. The van der Waals surface area contributed by atoms with E-state index in [0.29, 0.717) is 42.3 Å². The van der Waals surface area contributed by atoms with Crippen LogP contribution < -0.4 is 0 Å². The highest BCUT2D eigenvalue weighted by Crippen LogP contribution is 2.27. The topological polar surface area (TPSA) is 80.2 Å². The number of unbranched alkanes of at least 4 members (excludes halogenated alkanes) is 1. The largest absolute Gasteiger partial charge is 0.481 e. The monoisotopic (exact) mass is 470 g/mol. The number of nitrogens with zero attached hydrogens (tertiary/aromatic N) is 2. The molecule has 0 bridgehead atoms. The van der Waals surface area contributed by atoms with Crippen molar-refractivity contribution in [2.75, 3.05) is 0 Å². The van der Waals surface area contributed by atoms with Crippen molar-refractivity contribution in [3.05, 3.63) is 95.4 Å². The molecule has 35 heavy (non-hydrogen) atoms. The van der Waals surface area contributed by atoms with E-state index in [1.807, 2.05) is 43.3 Å². The average molecular weight is 471 g/mol. The first-order valence-corrected chi connectivity index (χ1v) is 11.8. The van der Waals surface area contributed by atoms with Crippen LogP contribution in [-0.4, -0.2) is 26.8 Å². The summed E-state index contributed by atoms with van der Waals surface area (Å²) in [6.45, 7) is 1.95. The van der Waals surface area contributed by atoms with Gasteiger partial charge >= 0.3 is 5.97 Å². The Morgan fingerprint density at radius 1 is 0.914 bits per heavy atom. The second kappa shape index (κ2) is 11.0. The Morgan fingerprint density at radius 2 is 1.66 bits per heavy atom. The standard InChI is InChI=1S/C29H27FN2O3/c1-19(20-11-14-23(30)15-12-20)17-27(33)22-13-16-24-26(18-22)32-29(21-7-3-2-4-8-21)25(31-24)9-5-6-10-28(34)35/h2-4,7-8,11-16,18-19H,5-6,9-10,17H2,1H3,(H,34,35)/t19-/m0/s1. The van der Waals surface area contributed by atoms with E-state index < -0.39 is 5.97 Å². The Balaban J connectivity index is 1.61. The molecule has 0 fully saturated rings. The van der Waals surface area contributed by atoms with Gasteiger partial charge in [-0.15, -0.1) is 0 Å². The smallest absolute Gasteiger partial charge is 0.303 e. The second-order valence-electron chi connectivity index (χ2n) is 8.77. The molecule has 1 atom stereocenters. The Labute approximate surface area is 203 Å². The van der Waals surface area contributed by atoms with Crippen molar-refractivity contribution in [1.82, 2.24) is 9.97 Å². The molecule has 0 radical (unpaired) electrons. The first kappa shape index (κ1) is 24.2. The molecule has 4 aromatic rings. The molecule has 1 aromatic heterocycles. The summed E-state index contributed by atoms with van der Waals surface area (Å²) in [5, 5.41) is 8.92. The van der Waals surface area contributed by atoms with Gasteiger partial charge in [-0.3, -0.25) is 9.59 Å².